The van der Waals surface area contributed by atoms with Crippen LogP contribution in [0.15, 0.2) is 0 Å². The average Bonchev–Trinajstić information content (AvgIpc) is 2.39. The monoisotopic (exact) mass is 238 g/mol. The number of nitrogens with one attached hydrogen (secondary N) is 1. The van der Waals surface area contributed by atoms with Gasteiger partial charge in [-0.15, -0.1) is 0 Å². The van der Waals surface area contributed by atoms with E-state index in [2.05, 4.69) is 31.0 Å². The van der Waals surface area contributed by atoms with Crippen LogP contribution in [0.1, 0.15) is 52.9 Å². The second kappa shape index (κ2) is 6.19. The Balaban J connectivity index is 1.86. The molecule has 0 aromatic rings. The van der Waals surface area contributed by atoms with Gasteiger partial charge >= 0.3 is 0 Å². The summed E-state index contributed by atoms with van der Waals surface area (Å²) in [7, 11) is 0. The summed E-state index contributed by atoms with van der Waals surface area (Å²) in [6.45, 7) is 10.9. The number of nitrogens with zero attached hydrogens (tertiary/aromatic N) is 1. The van der Waals surface area contributed by atoms with E-state index in [0.717, 1.165) is 23.9 Å². The predicted octanol–water partition coefficient (Wildman–Crippen LogP) is 2.89. The molecule has 2 heteroatoms. The van der Waals surface area contributed by atoms with Gasteiger partial charge in [0.15, 0.2) is 0 Å². The largest absolute Gasteiger partial charge is 0.313 e. The predicted molar refractivity (Wildman–Crippen MR) is 74.2 cm³/mol. The van der Waals surface area contributed by atoms with Crippen molar-refractivity contribution in [1.82, 2.24) is 10.2 Å². The summed E-state index contributed by atoms with van der Waals surface area (Å²) >= 11 is 0. The lowest BCUT2D eigenvalue weighted by Crippen LogP contribution is -2.46. The first kappa shape index (κ1) is 13.4. The molecule has 2 fully saturated rings. The van der Waals surface area contributed by atoms with Crippen molar-refractivity contribution in [2.24, 2.45) is 11.8 Å². The molecular weight excluding hydrogens is 208 g/mol. The lowest BCUT2D eigenvalue weighted by atomic mass is 9.79. The van der Waals surface area contributed by atoms with Gasteiger partial charge in [-0.2, -0.15) is 0 Å². The standard InChI is InChI=1S/C15H30N2/c1-12(2)10-15-11-17(9-5-8-16-15)13(3)14-6-4-7-14/h12-16H,4-11H2,1-3H3. The molecule has 0 radical (unpaired) electrons. The van der Waals surface area contributed by atoms with Crippen LogP contribution in [0, 0.1) is 11.8 Å². The van der Waals surface area contributed by atoms with E-state index >= 15 is 0 Å². The van der Waals surface area contributed by atoms with Crippen LogP contribution in [0.25, 0.3) is 0 Å². The second-order valence-electron chi connectivity index (χ2n) is 6.56. The molecule has 2 atom stereocenters. The van der Waals surface area contributed by atoms with Crippen LogP contribution < -0.4 is 5.32 Å². The van der Waals surface area contributed by atoms with Crippen molar-refractivity contribution in [1.29, 1.82) is 0 Å². The molecule has 1 heterocycles. The van der Waals surface area contributed by atoms with E-state index in [-0.39, 0.29) is 0 Å². The van der Waals surface area contributed by atoms with Crippen molar-refractivity contribution in [3.8, 4) is 0 Å². The summed E-state index contributed by atoms with van der Waals surface area (Å²) in [4.78, 5) is 2.76. The topological polar surface area (TPSA) is 15.3 Å². The van der Waals surface area contributed by atoms with Gasteiger partial charge in [0.25, 0.3) is 0 Å². The van der Waals surface area contributed by atoms with Gasteiger partial charge in [0.2, 0.25) is 0 Å². The van der Waals surface area contributed by atoms with E-state index in [1.165, 1.54) is 51.7 Å². The fourth-order valence-corrected chi connectivity index (χ4v) is 3.34. The molecule has 2 unspecified atom stereocenters. The fraction of sp³-hybridized carbons (Fsp3) is 1.00. The highest BCUT2D eigenvalue weighted by Gasteiger charge is 2.30. The maximum absolute atomic E-state index is 3.73. The number of hydrogen-bond donors (Lipinski definition) is 1. The molecule has 100 valence electrons. The second-order valence-corrected chi connectivity index (χ2v) is 6.56. The minimum Gasteiger partial charge on any atom is -0.313 e. The molecule has 0 bridgehead atoms. The summed E-state index contributed by atoms with van der Waals surface area (Å²) in [5, 5.41) is 3.73. The van der Waals surface area contributed by atoms with Crippen molar-refractivity contribution in [3.63, 3.8) is 0 Å². The van der Waals surface area contributed by atoms with Crippen molar-refractivity contribution >= 4 is 0 Å². The molecule has 0 spiro atoms. The van der Waals surface area contributed by atoms with Gasteiger partial charge in [-0.05, 0) is 57.5 Å². The Hall–Kier alpha value is -0.0800. The zero-order chi connectivity index (χ0) is 12.3. The summed E-state index contributed by atoms with van der Waals surface area (Å²) in [5.74, 6) is 1.80. The maximum Gasteiger partial charge on any atom is 0.0197 e. The number of hydrogen-bond acceptors (Lipinski definition) is 2. The van der Waals surface area contributed by atoms with Gasteiger partial charge in [-0.3, -0.25) is 4.90 Å². The van der Waals surface area contributed by atoms with E-state index in [0.29, 0.717) is 0 Å². The molecule has 2 aliphatic rings. The van der Waals surface area contributed by atoms with E-state index in [1.807, 2.05) is 0 Å². The van der Waals surface area contributed by atoms with Gasteiger partial charge in [0.05, 0.1) is 0 Å². The molecule has 0 aromatic heterocycles. The Bertz CT molecular complexity index is 223. The minimum atomic E-state index is 0.722. The molecular formula is C15H30N2. The molecule has 2 nitrogen and oxygen atoms in total. The van der Waals surface area contributed by atoms with Gasteiger partial charge in [0, 0.05) is 18.6 Å². The van der Waals surface area contributed by atoms with Crippen molar-refractivity contribution in [2.75, 3.05) is 19.6 Å². The highest BCUT2D eigenvalue weighted by molar-refractivity contribution is 4.86. The Morgan fingerprint density at radius 3 is 2.53 bits per heavy atom. The Morgan fingerprint density at radius 1 is 1.18 bits per heavy atom. The van der Waals surface area contributed by atoms with E-state index in [1.54, 1.807) is 0 Å². The Kier molecular flexibility index (Phi) is 4.87. The van der Waals surface area contributed by atoms with Crippen LogP contribution in [-0.4, -0.2) is 36.6 Å². The molecule has 17 heavy (non-hydrogen) atoms. The first-order valence-electron chi connectivity index (χ1n) is 7.64. The summed E-state index contributed by atoms with van der Waals surface area (Å²) in [5.41, 5.74) is 0. The van der Waals surface area contributed by atoms with Gasteiger partial charge < -0.3 is 5.32 Å². The maximum atomic E-state index is 3.73. The van der Waals surface area contributed by atoms with Crippen LogP contribution in [0.2, 0.25) is 0 Å². The van der Waals surface area contributed by atoms with Crippen molar-refractivity contribution in [3.05, 3.63) is 0 Å². The quantitative estimate of drug-likeness (QED) is 0.810. The van der Waals surface area contributed by atoms with Gasteiger partial charge in [-0.25, -0.2) is 0 Å². The lowest BCUT2D eigenvalue weighted by molar-refractivity contribution is 0.104. The zero-order valence-corrected chi connectivity index (χ0v) is 11.9. The van der Waals surface area contributed by atoms with E-state index in [4.69, 9.17) is 0 Å². The summed E-state index contributed by atoms with van der Waals surface area (Å²) in [6, 6.07) is 1.54. The lowest BCUT2D eigenvalue weighted by Gasteiger charge is -2.39. The normalized spacial score (nSPS) is 30.0. The molecule has 2 rings (SSSR count). The SMILES string of the molecule is CC(C)CC1CN(C(C)C2CCC2)CCCN1. The third-order valence-electron chi connectivity index (χ3n) is 4.67. The molecule has 1 N–H and O–H groups in total. The van der Waals surface area contributed by atoms with Crippen LogP contribution in [0.3, 0.4) is 0 Å². The molecule has 1 saturated heterocycles. The first-order valence-corrected chi connectivity index (χ1v) is 7.64. The third kappa shape index (κ3) is 3.69. The fourth-order valence-electron chi connectivity index (χ4n) is 3.34. The van der Waals surface area contributed by atoms with E-state index < -0.39 is 0 Å². The van der Waals surface area contributed by atoms with Crippen molar-refractivity contribution < 1.29 is 0 Å². The minimum absolute atomic E-state index is 0.722. The third-order valence-corrected chi connectivity index (χ3v) is 4.67. The highest BCUT2D eigenvalue weighted by atomic mass is 15.2. The summed E-state index contributed by atoms with van der Waals surface area (Å²) < 4.78 is 0. The molecule has 1 saturated carbocycles. The van der Waals surface area contributed by atoms with Crippen LogP contribution >= 0.6 is 0 Å². The Labute approximate surface area is 107 Å². The molecule has 1 aliphatic carbocycles. The van der Waals surface area contributed by atoms with E-state index in [9.17, 15) is 0 Å². The number of rotatable bonds is 4. The highest BCUT2D eigenvalue weighted by Crippen LogP contribution is 2.32. The summed E-state index contributed by atoms with van der Waals surface area (Å²) in [6.07, 6.45) is 7.07. The first-order chi connectivity index (χ1) is 8.16. The smallest absolute Gasteiger partial charge is 0.0197 e. The van der Waals surface area contributed by atoms with Crippen molar-refractivity contribution in [2.45, 2.75) is 65.0 Å². The van der Waals surface area contributed by atoms with Crippen LogP contribution in [-0.2, 0) is 0 Å². The molecule has 0 aromatic carbocycles. The molecule has 1 aliphatic heterocycles. The van der Waals surface area contributed by atoms with Gasteiger partial charge in [-0.1, -0.05) is 20.3 Å². The average molecular weight is 238 g/mol. The van der Waals surface area contributed by atoms with Crippen LogP contribution in [0.4, 0.5) is 0 Å². The molecule has 0 amide bonds. The van der Waals surface area contributed by atoms with Gasteiger partial charge in [0.1, 0.15) is 0 Å². The zero-order valence-electron chi connectivity index (χ0n) is 11.9. The Morgan fingerprint density at radius 2 is 1.94 bits per heavy atom. The van der Waals surface area contributed by atoms with Crippen LogP contribution in [0.5, 0.6) is 0 Å².